The van der Waals surface area contributed by atoms with Crippen LogP contribution < -0.4 is 0 Å². The van der Waals surface area contributed by atoms with Crippen molar-refractivity contribution in [3.8, 4) is 0 Å². The number of hydrogen-bond donors (Lipinski definition) is 0. The zero-order valence-corrected chi connectivity index (χ0v) is 19.1. The van der Waals surface area contributed by atoms with Gasteiger partial charge >= 0.3 is 0 Å². The van der Waals surface area contributed by atoms with Crippen molar-refractivity contribution in [1.29, 1.82) is 0 Å². The third-order valence-electron chi connectivity index (χ3n) is 7.77. The minimum Gasteiger partial charge on any atom is -0.339 e. The van der Waals surface area contributed by atoms with Crippen molar-refractivity contribution in [1.82, 2.24) is 18.8 Å². The highest BCUT2D eigenvalue weighted by atomic mass is 32.2. The molecule has 1 aromatic heterocycles. The van der Waals surface area contributed by atoms with E-state index in [1.807, 2.05) is 23.1 Å². The van der Waals surface area contributed by atoms with Gasteiger partial charge in [0, 0.05) is 43.7 Å². The van der Waals surface area contributed by atoms with Gasteiger partial charge in [-0.05, 0) is 37.7 Å². The zero-order chi connectivity index (χ0) is 22.0. The average molecular weight is 443 g/mol. The van der Waals surface area contributed by atoms with Crippen LogP contribution in [-0.2, 0) is 28.3 Å². The maximum atomic E-state index is 13.9. The van der Waals surface area contributed by atoms with E-state index in [1.165, 1.54) is 6.33 Å². The van der Waals surface area contributed by atoms with Gasteiger partial charge in [-0.3, -0.25) is 4.79 Å². The number of imidazole rings is 1. The Hall–Kier alpha value is -2.19. The Morgan fingerprint density at radius 3 is 2.55 bits per heavy atom. The number of fused-ring (bicyclic) bond motifs is 1. The van der Waals surface area contributed by atoms with Gasteiger partial charge in [0.05, 0.1) is 12.4 Å². The molecule has 166 valence electrons. The quantitative estimate of drug-likeness (QED) is 0.729. The minimum absolute atomic E-state index is 0.0413. The van der Waals surface area contributed by atoms with E-state index in [-0.39, 0.29) is 40.5 Å². The highest BCUT2D eigenvalue weighted by Gasteiger charge is 2.66. The summed E-state index contributed by atoms with van der Waals surface area (Å²) in [5.74, 6) is 0.0413. The van der Waals surface area contributed by atoms with Crippen LogP contribution in [0.25, 0.3) is 0 Å². The summed E-state index contributed by atoms with van der Waals surface area (Å²) < 4.78 is 31.1. The van der Waals surface area contributed by atoms with E-state index < -0.39 is 10.0 Å². The summed E-state index contributed by atoms with van der Waals surface area (Å²) in [5, 5.41) is 0.0982. The second-order valence-electron chi connectivity index (χ2n) is 9.64. The van der Waals surface area contributed by atoms with E-state index in [4.69, 9.17) is 0 Å². The number of hydrogen-bond acceptors (Lipinski definition) is 4. The zero-order valence-electron chi connectivity index (χ0n) is 18.3. The molecule has 1 aromatic carbocycles. The van der Waals surface area contributed by atoms with E-state index in [0.717, 1.165) is 31.2 Å². The summed E-state index contributed by atoms with van der Waals surface area (Å²) in [6.45, 7) is 3.82. The van der Waals surface area contributed by atoms with Gasteiger partial charge in [-0.1, -0.05) is 37.3 Å². The predicted molar refractivity (Wildman–Crippen MR) is 117 cm³/mol. The maximum Gasteiger partial charge on any atom is 0.262 e. The molecule has 31 heavy (non-hydrogen) atoms. The number of aromatic nitrogens is 2. The lowest BCUT2D eigenvalue weighted by Crippen LogP contribution is -2.62. The van der Waals surface area contributed by atoms with Crippen LogP contribution in [0.3, 0.4) is 0 Å². The molecule has 8 heteroatoms. The molecule has 7 nitrogen and oxygen atoms in total. The van der Waals surface area contributed by atoms with Gasteiger partial charge < -0.3 is 9.47 Å². The molecule has 3 fully saturated rings. The van der Waals surface area contributed by atoms with Crippen LogP contribution in [0.15, 0.2) is 47.9 Å². The van der Waals surface area contributed by atoms with Crippen molar-refractivity contribution in [3.63, 3.8) is 0 Å². The number of sulfonamides is 1. The van der Waals surface area contributed by atoms with Gasteiger partial charge in [0.1, 0.15) is 0 Å². The molecular weight excluding hydrogens is 412 g/mol. The number of carbonyl (C=O) groups excluding carboxylic acids is 1. The Kier molecular flexibility index (Phi) is 4.79. The van der Waals surface area contributed by atoms with Crippen molar-refractivity contribution in [2.75, 3.05) is 0 Å². The van der Waals surface area contributed by atoms with E-state index in [2.05, 4.69) is 24.0 Å². The lowest BCUT2D eigenvalue weighted by molar-refractivity contribution is -0.142. The van der Waals surface area contributed by atoms with Crippen LogP contribution in [0.5, 0.6) is 0 Å². The average Bonchev–Trinajstić information content (AvgIpc) is 3.29. The topological polar surface area (TPSA) is 75.5 Å². The normalized spacial score (nSPS) is 32.9. The van der Waals surface area contributed by atoms with E-state index >= 15 is 0 Å². The first kappa shape index (κ1) is 20.7. The third kappa shape index (κ3) is 3.06. The standard InChI is InChI=1S/C23H30N4O3S/c1-16(28)26-18(12-17-8-5-4-6-9-17)19-13-23(2)20(26)10-7-11-21(23)27(19)31(29,30)22-14-25(3)15-24-22/h4-6,8-9,14-15,18-21H,7,10-13H2,1-3H3/t18-,19-,20+,21-,23+/m0/s1. The molecule has 5 rings (SSSR count). The molecule has 0 unspecified atom stereocenters. The van der Waals surface area contributed by atoms with E-state index in [9.17, 15) is 13.2 Å². The van der Waals surface area contributed by atoms with Crippen LogP contribution in [0.4, 0.5) is 0 Å². The number of benzene rings is 1. The third-order valence-corrected chi connectivity index (χ3v) is 9.59. The molecule has 2 bridgehead atoms. The van der Waals surface area contributed by atoms with Crippen LogP contribution in [0.1, 0.15) is 45.1 Å². The summed E-state index contributed by atoms with van der Waals surface area (Å²) in [4.78, 5) is 19.2. The lowest BCUT2D eigenvalue weighted by atomic mass is 9.64. The highest BCUT2D eigenvalue weighted by Crippen LogP contribution is 2.57. The first-order valence-electron chi connectivity index (χ1n) is 11.1. The molecular formula is C23H30N4O3S. The predicted octanol–water partition coefficient (Wildman–Crippen LogP) is 2.58. The van der Waals surface area contributed by atoms with Crippen LogP contribution >= 0.6 is 0 Å². The molecule has 3 heterocycles. The minimum atomic E-state index is -3.77. The Morgan fingerprint density at radius 2 is 1.90 bits per heavy atom. The van der Waals surface area contributed by atoms with Gasteiger partial charge in [0.2, 0.25) is 5.91 Å². The number of aryl methyl sites for hydroxylation is 1. The van der Waals surface area contributed by atoms with Crippen molar-refractivity contribution >= 4 is 15.9 Å². The van der Waals surface area contributed by atoms with E-state index in [0.29, 0.717) is 6.42 Å². The molecule has 0 radical (unpaired) electrons. The first-order valence-corrected chi connectivity index (χ1v) is 12.5. The van der Waals surface area contributed by atoms with Crippen LogP contribution in [0, 0.1) is 5.41 Å². The van der Waals surface area contributed by atoms with Gasteiger partial charge in [-0.2, -0.15) is 4.31 Å². The summed E-state index contributed by atoms with van der Waals surface area (Å²) in [6, 6.07) is 9.62. The summed E-state index contributed by atoms with van der Waals surface area (Å²) in [7, 11) is -1.99. The second kappa shape index (κ2) is 7.17. The van der Waals surface area contributed by atoms with Gasteiger partial charge in [0.15, 0.2) is 5.03 Å². The van der Waals surface area contributed by atoms with Crippen molar-refractivity contribution in [2.45, 2.75) is 75.1 Å². The van der Waals surface area contributed by atoms with Gasteiger partial charge in [-0.15, -0.1) is 0 Å². The summed E-state index contributed by atoms with van der Waals surface area (Å²) in [6.07, 6.45) is 7.24. The fourth-order valence-electron chi connectivity index (χ4n) is 6.55. The van der Waals surface area contributed by atoms with Crippen molar-refractivity contribution < 1.29 is 13.2 Å². The molecule has 2 aromatic rings. The van der Waals surface area contributed by atoms with Gasteiger partial charge in [-0.25, -0.2) is 13.4 Å². The van der Waals surface area contributed by atoms with Crippen LogP contribution in [0.2, 0.25) is 0 Å². The molecule has 0 spiro atoms. The lowest BCUT2D eigenvalue weighted by Gasteiger charge is -2.53. The monoisotopic (exact) mass is 442 g/mol. The number of amides is 1. The maximum absolute atomic E-state index is 13.9. The second-order valence-corrected chi connectivity index (χ2v) is 11.4. The molecule has 3 aliphatic rings. The Labute approximate surface area is 184 Å². The Balaban J connectivity index is 1.64. The molecule has 2 saturated heterocycles. The molecule has 1 aliphatic carbocycles. The summed E-state index contributed by atoms with van der Waals surface area (Å²) in [5.41, 5.74) is 0.892. The van der Waals surface area contributed by atoms with Crippen LogP contribution in [-0.4, -0.2) is 57.2 Å². The number of carbonyl (C=O) groups is 1. The molecule has 5 atom stereocenters. The molecule has 2 aliphatic heterocycles. The van der Waals surface area contributed by atoms with E-state index in [1.54, 1.807) is 29.0 Å². The highest BCUT2D eigenvalue weighted by molar-refractivity contribution is 7.89. The number of piperidine rings is 1. The molecule has 0 N–H and O–H groups in total. The number of likely N-dealkylation sites (tertiary alicyclic amines) is 1. The van der Waals surface area contributed by atoms with Crippen molar-refractivity contribution in [2.24, 2.45) is 12.5 Å². The van der Waals surface area contributed by atoms with Crippen molar-refractivity contribution in [3.05, 3.63) is 48.4 Å². The first-order chi connectivity index (χ1) is 14.7. The number of rotatable bonds is 4. The number of nitrogens with zero attached hydrogens (tertiary/aromatic N) is 4. The largest absolute Gasteiger partial charge is 0.339 e. The molecule has 1 saturated carbocycles. The summed E-state index contributed by atoms with van der Waals surface area (Å²) >= 11 is 0. The Bertz CT molecular complexity index is 1100. The fraction of sp³-hybridized carbons (Fsp3) is 0.565. The smallest absolute Gasteiger partial charge is 0.262 e. The van der Waals surface area contributed by atoms with Gasteiger partial charge in [0.25, 0.3) is 10.0 Å². The Morgan fingerprint density at radius 1 is 1.19 bits per heavy atom. The fourth-order valence-corrected chi connectivity index (χ4v) is 8.49. The SMILES string of the molecule is CC(=O)N1[C@@H](Cc2ccccc2)[C@@H]2C[C@@]3(C)[C@H](CCC[C@@H]13)N2S(=O)(=O)c1cn(C)cn1. The molecule has 1 amide bonds.